The Hall–Kier alpha value is -4.06. The summed E-state index contributed by atoms with van der Waals surface area (Å²) in [6.45, 7) is 6.48. The molecular formula is C31H33NO5. The molecule has 1 aliphatic rings. The molecule has 1 amide bonds. The van der Waals surface area contributed by atoms with Gasteiger partial charge in [0.1, 0.15) is 17.3 Å². The Bertz CT molecular complexity index is 1320. The summed E-state index contributed by atoms with van der Waals surface area (Å²) < 4.78 is 10.8. The second-order valence-electron chi connectivity index (χ2n) is 10.2. The third kappa shape index (κ3) is 5.24. The van der Waals surface area contributed by atoms with Gasteiger partial charge < -0.3 is 19.5 Å². The number of methoxy groups -OCH3 is 2. The number of amides is 1. The molecule has 0 bridgehead atoms. The van der Waals surface area contributed by atoms with Gasteiger partial charge in [0.25, 0.3) is 11.7 Å². The first kappa shape index (κ1) is 26.0. The van der Waals surface area contributed by atoms with Gasteiger partial charge in [-0.25, -0.2) is 0 Å². The fourth-order valence-electron chi connectivity index (χ4n) is 4.73. The van der Waals surface area contributed by atoms with Crippen LogP contribution in [0.2, 0.25) is 0 Å². The predicted octanol–water partition coefficient (Wildman–Crippen LogP) is 5.67. The van der Waals surface area contributed by atoms with Gasteiger partial charge >= 0.3 is 0 Å². The van der Waals surface area contributed by atoms with E-state index in [4.69, 9.17) is 9.47 Å². The van der Waals surface area contributed by atoms with Crippen molar-refractivity contribution in [2.75, 3.05) is 20.8 Å². The Morgan fingerprint density at radius 2 is 1.59 bits per heavy atom. The number of aliphatic hydroxyl groups excluding tert-OH is 1. The van der Waals surface area contributed by atoms with Crippen molar-refractivity contribution >= 4 is 17.4 Å². The molecule has 192 valence electrons. The highest BCUT2D eigenvalue weighted by Crippen LogP contribution is 2.41. The normalized spacial score (nSPS) is 17.2. The molecule has 1 aliphatic heterocycles. The fourth-order valence-corrected chi connectivity index (χ4v) is 4.73. The lowest BCUT2D eigenvalue weighted by molar-refractivity contribution is -0.139. The highest BCUT2D eigenvalue weighted by atomic mass is 16.5. The van der Waals surface area contributed by atoms with Gasteiger partial charge in [-0.3, -0.25) is 9.59 Å². The fraction of sp³-hybridized carbons (Fsp3) is 0.290. The summed E-state index contributed by atoms with van der Waals surface area (Å²) in [6.07, 6.45) is 0.553. The topological polar surface area (TPSA) is 76.1 Å². The van der Waals surface area contributed by atoms with E-state index in [1.807, 2.05) is 60.7 Å². The van der Waals surface area contributed by atoms with Gasteiger partial charge in [0.2, 0.25) is 0 Å². The van der Waals surface area contributed by atoms with Crippen LogP contribution < -0.4 is 9.47 Å². The number of carbonyl (C=O) groups is 2. The van der Waals surface area contributed by atoms with E-state index in [9.17, 15) is 14.7 Å². The van der Waals surface area contributed by atoms with Crippen molar-refractivity contribution in [1.29, 1.82) is 0 Å². The average molecular weight is 500 g/mol. The van der Waals surface area contributed by atoms with Crippen LogP contribution in [0.1, 0.15) is 49.1 Å². The molecule has 1 unspecified atom stereocenters. The summed E-state index contributed by atoms with van der Waals surface area (Å²) in [5.41, 5.74) is 2.98. The first-order valence-corrected chi connectivity index (χ1v) is 12.3. The highest BCUT2D eigenvalue weighted by Gasteiger charge is 2.45. The van der Waals surface area contributed by atoms with E-state index in [0.717, 1.165) is 22.4 Å². The summed E-state index contributed by atoms with van der Waals surface area (Å²) in [5.74, 6) is -0.0406. The molecule has 1 atom stereocenters. The summed E-state index contributed by atoms with van der Waals surface area (Å²) in [7, 11) is 3.22. The van der Waals surface area contributed by atoms with Crippen LogP contribution in [0.15, 0.2) is 78.4 Å². The Kier molecular flexibility index (Phi) is 7.39. The number of carbonyl (C=O) groups excluding carboxylic acids is 2. The molecule has 0 saturated carbocycles. The van der Waals surface area contributed by atoms with E-state index in [2.05, 4.69) is 20.8 Å². The van der Waals surface area contributed by atoms with Crippen molar-refractivity contribution in [3.8, 4) is 11.5 Å². The molecule has 6 heteroatoms. The van der Waals surface area contributed by atoms with E-state index in [0.29, 0.717) is 24.3 Å². The van der Waals surface area contributed by atoms with Crippen LogP contribution in [0.5, 0.6) is 11.5 Å². The number of ether oxygens (including phenoxy) is 2. The number of likely N-dealkylation sites (tertiary alicyclic amines) is 1. The van der Waals surface area contributed by atoms with Crippen molar-refractivity contribution in [3.05, 3.63) is 101 Å². The Morgan fingerprint density at radius 3 is 2.19 bits per heavy atom. The van der Waals surface area contributed by atoms with Gasteiger partial charge in [-0.1, -0.05) is 63.2 Å². The molecule has 1 heterocycles. The summed E-state index contributed by atoms with van der Waals surface area (Å²) in [5, 5.41) is 11.5. The van der Waals surface area contributed by atoms with Gasteiger partial charge in [0, 0.05) is 17.7 Å². The van der Waals surface area contributed by atoms with Crippen LogP contribution in [-0.2, 0) is 21.4 Å². The molecule has 1 saturated heterocycles. The maximum atomic E-state index is 13.4. The number of hydrogen-bond acceptors (Lipinski definition) is 5. The average Bonchev–Trinajstić information content (AvgIpc) is 3.16. The molecule has 0 spiro atoms. The number of benzene rings is 3. The molecular weight excluding hydrogens is 466 g/mol. The van der Waals surface area contributed by atoms with Crippen molar-refractivity contribution in [2.24, 2.45) is 0 Å². The van der Waals surface area contributed by atoms with Crippen LogP contribution >= 0.6 is 0 Å². The lowest BCUT2D eigenvalue weighted by atomic mass is 9.84. The van der Waals surface area contributed by atoms with Gasteiger partial charge in [-0.15, -0.1) is 0 Å². The number of hydrogen-bond donors (Lipinski definition) is 1. The molecule has 0 radical (unpaired) electrons. The SMILES string of the molecule is COc1ccc(CCN2C(=O)C(=O)/C(=C(\O)c3ccc(OC)c(C(C)(C)C)c3)C2c2ccccc2)cc1. The van der Waals surface area contributed by atoms with Gasteiger partial charge in [-0.2, -0.15) is 0 Å². The number of aliphatic hydroxyl groups is 1. The maximum Gasteiger partial charge on any atom is 0.295 e. The largest absolute Gasteiger partial charge is 0.507 e. The quantitative estimate of drug-likeness (QED) is 0.258. The van der Waals surface area contributed by atoms with Crippen LogP contribution in [0.4, 0.5) is 0 Å². The first-order chi connectivity index (χ1) is 17.7. The Labute approximate surface area is 218 Å². The second-order valence-corrected chi connectivity index (χ2v) is 10.2. The van der Waals surface area contributed by atoms with Crippen LogP contribution in [-0.4, -0.2) is 42.5 Å². The van der Waals surface area contributed by atoms with Crippen LogP contribution in [0.3, 0.4) is 0 Å². The minimum Gasteiger partial charge on any atom is -0.507 e. The summed E-state index contributed by atoms with van der Waals surface area (Å²) in [4.78, 5) is 28.2. The minimum absolute atomic E-state index is 0.0935. The van der Waals surface area contributed by atoms with Crippen molar-refractivity contribution < 1.29 is 24.2 Å². The van der Waals surface area contributed by atoms with E-state index in [-0.39, 0.29) is 16.7 Å². The summed E-state index contributed by atoms with van der Waals surface area (Å²) in [6, 6.07) is 21.6. The Morgan fingerprint density at radius 1 is 0.919 bits per heavy atom. The van der Waals surface area contributed by atoms with E-state index in [1.54, 1.807) is 31.3 Å². The number of nitrogens with zero attached hydrogens (tertiary/aromatic N) is 1. The van der Waals surface area contributed by atoms with E-state index in [1.165, 1.54) is 0 Å². The van der Waals surface area contributed by atoms with E-state index < -0.39 is 17.7 Å². The minimum atomic E-state index is -0.695. The molecule has 37 heavy (non-hydrogen) atoms. The monoisotopic (exact) mass is 499 g/mol. The number of ketones is 1. The van der Waals surface area contributed by atoms with Gasteiger partial charge in [0.05, 0.1) is 25.8 Å². The molecule has 4 rings (SSSR count). The lowest BCUT2D eigenvalue weighted by Crippen LogP contribution is -2.31. The van der Waals surface area contributed by atoms with Gasteiger partial charge in [-0.05, 0) is 53.3 Å². The Balaban J connectivity index is 1.77. The summed E-state index contributed by atoms with van der Waals surface area (Å²) >= 11 is 0. The van der Waals surface area contributed by atoms with Crippen molar-refractivity contribution in [2.45, 2.75) is 38.6 Å². The van der Waals surface area contributed by atoms with E-state index >= 15 is 0 Å². The first-order valence-electron chi connectivity index (χ1n) is 12.3. The third-order valence-electron chi connectivity index (χ3n) is 6.74. The molecule has 0 aliphatic carbocycles. The predicted molar refractivity (Wildman–Crippen MR) is 144 cm³/mol. The molecule has 3 aromatic carbocycles. The standard InChI is InChI=1S/C31H33NO5/c1-31(2,3)24-19-22(13-16-25(24)37-5)28(33)26-27(21-9-7-6-8-10-21)32(30(35)29(26)34)18-17-20-11-14-23(36-4)15-12-20/h6-16,19,27,33H,17-18H2,1-5H3/b28-26-. The lowest BCUT2D eigenvalue weighted by Gasteiger charge is -2.26. The zero-order chi connectivity index (χ0) is 26.7. The molecule has 6 nitrogen and oxygen atoms in total. The van der Waals surface area contributed by atoms with Crippen molar-refractivity contribution in [3.63, 3.8) is 0 Å². The third-order valence-corrected chi connectivity index (χ3v) is 6.74. The highest BCUT2D eigenvalue weighted by molar-refractivity contribution is 6.46. The van der Waals surface area contributed by atoms with Crippen LogP contribution in [0, 0.1) is 0 Å². The zero-order valence-electron chi connectivity index (χ0n) is 21.9. The number of rotatable bonds is 7. The van der Waals surface area contributed by atoms with Crippen LogP contribution in [0.25, 0.3) is 5.76 Å². The van der Waals surface area contributed by atoms with Gasteiger partial charge in [0.15, 0.2) is 0 Å². The van der Waals surface area contributed by atoms with Crippen molar-refractivity contribution in [1.82, 2.24) is 4.90 Å². The molecule has 1 fully saturated rings. The molecule has 0 aromatic heterocycles. The zero-order valence-corrected chi connectivity index (χ0v) is 21.9. The molecule has 3 aromatic rings. The molecule has 1 N–H and O–H groups in total. The smallest absolute Gasteiger partial charge is 0.295 e. The number of Topliss-reactive ketones (excluding diaryl/α,β-unsaturated/α-hetero) is 1. The maximum absolute atomic E-state index is 13.4. The second kappa shape index (κ2) is 10.5.